The van der Waals surface area contributed by atoms with Crippen LogP contribution in [0, 0.1) is 0 Å². The quantitative estimate of drug-likeness (QED) is 0.636. The third kappa shape index (κ3) is 5.45. The number of carbonyl (C=O) groups is 3. The number of anilines is 1. The van der Waals surface area contributed by atoms with Crippen molar-refractivity contribution in [3.63, 3.8) is 0 Å². The molecule has 0 saturated heterocycles. The molecule has 0 spiro atoms. The van der Waals surface area contributed by atoms with E-state index in [0.29, 0.717) is 11.3 Å². The van der Waals surface area contributed by atoms with Gasteiger partial charge in [0, 0.05) is 18.8 Å². The van der Waals surface area contributed by atoms with Gasteiger partial charge in [-0.15, -0.1) is 0 Å². The second-order valence-electron chi connectivity index (χ2n) is 6.14. The van der Waals surface area contributed by atoms with Crippen molar-refractivity contribution >= 4 is 23.5 Å². The van der Waals surface area contributed by atoms with E-state index in [1.165, 1.54) is 18.6 Å². The standard InChI is InChI=1S/C19H24N2O4/c1-3-17(22)20-15-11-9-14(10-12-15)19(24)25-13-18(23)21(2)16-7-5-4-6-8-16/h3,9-12,16H,1,4-8,13H2,2H3,(H,20,22). The van der Waals surface area contributed by atoms with Gasteiger partial charge in [-0.05, 0) is 43.2 Å². The van der Waals surface area contributed by atoms with E-state index in [9.17, 15) is 14.4 Å². The van der Waals surface area contributed by atoms with E-state index >= 15 is 0 Å². The van der Waals surface area contributed by atoms with Crippen LogP contribution >= 0.6 is 0 Å². The zero-order valence-electron chi connectivity index (χ0n) is 14.5. The van der Waals surface area contributed by atoms with Crippen molar-refractivity contribution in [2.45, 2.75) is 38.1 Å². The molecule has 0 bridgehead atoms. The molecule has 0 radical (unpaired) electrons. The van der Waals surface area contributed by atoms with Gasteiger partial charge in [-0.2, -0.15) is 0 Å². The van der Waals surface area contributed by atoms with Crippen LogP contribution in [0.1, 0.15) is 42.5 Å². The minimum Gasteiger partial charge on any atom is -0.452 e. The monoisotopic (exact) mass is 344 g/mol. The number of nitrogens with zero attached hydrogens (tertiary/aromatic N) is 1. The average Bonchev–Trinajstić information content (AvgIpc) is 2.66. The Morgan fingerprint density at radius 2 is 1.84 bits per heavy atom. The van der Waals surface area contributed by atoms with Crippen molar-refractivity contribution in [2.24, 2.45) is 0 Å². The number of nitrogens with one attached hydrogen (secondary N) is 1. The SMILES string of the molecule is C=CC(=O)Nc1ccc(C(=O)OCC(=O)N(C)C2CCCCC2)cc1. The first-order valence-corrected chi connectivity index (χ1v) is 8.47. The van der Waals surface area contributed by atoms with Crippen LogP contribution < -0.4 is 5.32 Å². The van der Waals surface area contributed by atoms with Gasteiger partial charge < -0.3 is 15.0 Å². The summed E-state index contributed by atoms with van der Waals surface area (Å²) in [5, 5.41) is 2.59. The number of likely N-dealkylation sites (N-methyl/N-ethyl adjacent to an activating group) is 1. The van der Waals surface area contributed by atoms with Crippen LogP contribution in [0.3, 0.4) is 0 Å². The maximum Gasteiger partial charge on any atom is 0.338 e. The molecule has 2 amide bonds. The van der Waals surface area contributed by atoms with E-state index in [1.54, 1.807) is 24.1 Å². The van der Waals surface area contributed by atoms with Gasteiger partial charge in [-0.3, -0.25) is 9.59 Å². The first-order chi connectivity index (χ1) is 12.0. The van der Waals surface area contributed by atoms with Crippen molar-refractivity contribution in [1.82, 2.24) is 4.90 Å². The second-order valence-corrected chi connectivity index (χ2v) is 6.14. The molecule has 6 heteroatoms. The Labute approximate surface area is 147 Å². The van der Waals surface area contributed by atoms with Gasteiger partial charge in [0.2, 0.25) is 5.91 Å². The Kier molecular flexibility index (Phi) is 6.74. The molecule has 0 heterocycles. The highest BCUT2D eigenvalue weighted by molar-refractivity contribution is 5.99. The topological polar surface area (TPSA) is 75.7 Å². The molecule has 1 aliphatic carbocycles. The summed E-state index contributed by atoms with van der Waals surface area (Å²) in [5.74, 6) is -1.08. The summed E-state index contributed by atoms with van der Waals surface area (Å²) in [4.78, 5) is 37.1. The molecule has 1 aliphatic rings. The fraction of sp³-hybridized carbons (Fsp3) is 0.421. The number of carbonyl (C=O) groups excluding carboxylic acids is 3. The molecule has 0 unspecified atom stereocenters. The maximum absolute atomic E-state index is 12.2. The van der Waals surface area contributed by atoms with Crippen LogP contribution in [0.4, 0.5) is 5.69 Å². The Morgan fingerprint density at radius 1 is 1.20 bits per heavy atom. The average molecular weight is 344 g/mol. The first-order valence-electron chi connectivity index (χ1n) is 8.47. The number of rotatable bonds is 6. The number of benzene rings is 1. The van der Waals surface area contributed by atoms with Crippen molar-refractivity contribution in [3.8, 4) is 0 Å². The van der Waals surface area contributed by atoms with E-state index < -0.39 is 5.97 Å². The highest BCUT2D eigenvalue weighted by atomic mass is 16.5. The Balaban J connectivity index is 1.83. The lowest BCUT2D eigenvalue weighted by Gasteiger charge is -2.31. The molecule has 134 valence electrons. The molecule has 0 atom stereocenters. The maximum atomic E-state index is 12.2. The minimum atomic E-state index is -0.563. The fourth-order valence-electron chi connectivity index (χ4n) is 2.87. The smallest absolute Gasteiger partial charge is 0.338 e. The number of esters is 1. The molecule has 25 heavy (non-hydrogen) atoms. The normalized spacial score (nSPS) is 14.4. The minimum absolute atomic E-state index is 0.185. The Morgan fingerprint density at radius 3 is 2.44 bits per heavy atom. The molecule has 1 saturated carbocycles. The number of hydrogen-bond acceptors (Lipinski definition) is 4. The molecular weight excluding hydrogens is 320 g/mol. The van der Waals surface area contributed by atoms with E-state index in [1.807, 2.05) is 0 Å². The van der Waals surface area contributed by atoms with E-state index in [0.717, 1.165) is 31.8 Å². The van der Waals surface area contributed by atoms with Crippen LogP contribution in [0.15, 0.2) is 36.9 Å². The first kappa shape index (κ1) is 18.7. The lowest BCUT2D eigenvalue weighted by molar-refractivity contribution is -0.135. The Bertz CT molecular complexity index is 633. The molecule has 1 N–H and O–H groups in total. The summed E-state index contributed by atoms with van der Waals surface area (Å²) in [5.41, 5.74) is 0.874. The predicted molar refractivity (Wildman–Crippen MR) is 95.2 cm³/mol. The van der Waals surface area contributed by atoms with Crippen LogP contribution in [-0.2, 0) is 14.3 Å². The highest BCUT2D eigenvalue weighted by Crippen LogP contribution is 2.21. The summed E-state index contributed by atoms with van der Waals surface area (Å²) in [7, 11) is 1.77. The summed E-state index contributed by atoms with van der Waals surface area (Å²) >= 11 is 0. The molecular formula is C19H24N2O4. The second kappa shape index (κ2) is 9.01. The number of hydrogen-bond donors (Lipinski definition) is 1. The third-order valence-corrected chi connectivity index (χ3v) is 4.42. The van der Waals surface area contributed by atoms with Crippen LogP contribution in [0.25, 0.3) is 0 Å². The van der Waals surface area contributed by atoms with Crippen LogP contribution in [0.5, 0.6) is 0 Å². The van der Waals surface area contributed by atoms with Crippen LogP contribution in [0.2, 0.25) is 0 Å². The molecule has 1 aromatic rings. The summed E-state index contributed by atoms with van der Waals surface area (Å²) in [6.07, 6.45) is 6.67. The lowest BCUT2D eigenvalue weighted by Crippen LogP contribution is -2.40. The van der Waals surface area contributed by atoms with Crippen molar-refractivity contribution in [2.75, 3.05) is 19.0 Å². The van der Waals surface area contributed by atoms with Gasteiger partial charge in [-0.1, -0.05) is 25.8 Å². The fourth-order valence-corrected chi connectivity index (χ4v) is 2.87. The molecule has 1 fully saturated rings. The molecule has 2 rings (SSSR count). The van der Waals surface area contributed by atoms with Crippen LogP contribution in [-0.4, -0.2) is 42.4 Å². The van der Waals surface area contributed by atoms with Crippen molar-refractivity contribution < 1.29 is 19.1 Å². The van der Waals surface area contributed by atoms with E-state index in [2.05, 4.69) is 11.9 Å². The van der Waals surface area contributed by atoms with Gasteiger partial charge in [0.25, 0.3) is 5.91 Å². The summed E-state index contributed by atoms with van der Waals surface area (Å²) in [6, 6.07) is 6.50. The van der Waals surface area contributed by atoms with Gasteiger partial charge in [0.1, 0.15) is 0 Å². The van der Waals surface area contributed by atoms with Gasteiger partial charge in [0.05, 0.1) is 5.56 Å². The van der Waals surface area contributed by atoms with Crippen molar-refractivity contribution in [3.05, 3.63) is 42.5 Å². The summed E-state index contributed by atoms with van der Waals surface area (Å²) < 4.78 is 5.11. The zero-order chi connectivity index (χ0) is 18.2. The van der Waals surface area contributed by atoms with Gasteiger partial charge >= 0.3 is 5.97 Å². The largest absolute Gasteiger partial charge is 0.452 e. The molecule has 6 nitrogen and oxygen atoms in total. The zero-order valence-corrected chi connectivity index (χ0v) is 14.5. The van der Waals surface area contributed by atoms with E-state index in [-0.39, 0.29) is 24.5 Å². The molecule has 0 aromatic heterocycles. The number of amides is 2. The van der Waals surface area contributed by atoms with Gasteiger partial charge in [-0.25, -0.2) is 4.79 Å². The molecule has 1 aromatic carbocycles. The molecule has 0 aliphatic heterocycles. The van der Waals surface area contributed by atoms with Gasteiger partial charge in [0.15, 0.2) is 6.61 Å². The third-order valence-electron chi connectivity index (χ3n) is 4.42. The van der Waals surface area contributed by atoms with E-state index in [4.69, 9.17) is 4.74 Å². The summed E-state index contributed by atoms with van der Waals surface area (Å²) in [6.45, 7) is 3.11. The highest BCUT2D eigenvalue weighted by Gasteiger charge is 2.23. The lowest BCUT2D eigenvalue weighted by atomic mass is 9.94. The van der Waals surface area contributed by atoms with Crippen molar-refractivity contribution in [1.29, 1.82) is 0 Å². The predicted octanol–water partition coefficient (Wildman–Crippen LogP) is 2.76. The number of ether oxygens (including phenoxy) is 1. The Hall–Kier alpha value is -2.63.